The zero-order chi connectivity index (χ0) is 13.9. The Bertz CT molecular complexity index is 340. The van der Waals surface area contributed by atoms with Gasteiger partial charge in [0.1, 0.15) is 6.10 Å². The van der Waals surface area contributed by atoms with Crippen LogP contribution in [0.1, 0.15) is 32.1 Å². The van der Waals surface area contributed by atoms with Crippen LogP contribution in [0.5, 0.6) is 0 Å². The van der Waals surface area contributed by atoms with Gasteiger partial charge in [0.2, 0.25) is 0 Å². The summed E-state index contributed by atoms with van der Waals surface area (Å²) in [5.74, 6) is -0.0227. The van der Waals surface area contributed by atoms with Crippen molar-refractivity contribution in [2.75, 3.05) is 39.9 Å². The smallest absolute Gasteiger partial charge is 0.307 e. The van der Waals surface area contributed by atoms with E-state index in [1.54, 1.807) is 0 Å². The molecular weight excluding hydrogens is 327 g/mol. The van der Waals surface area contributed by atoms with Crippen molar-refractivity contribution >= 4 is 30.8 Å². The Morgan fingerprint density at radius 3 is 2.32 bits per heavy atom. The number of nitrogens with zero attached hydrogens (tertiary/aromatic N) is 2. The van der Waals surface area contributed by atoms with Crippen molar-refractivity contribution in [3.63, 3.8) is 0 Å². The van der Waals surface area contributed by atoms with Crippen LogP contribution in [-0.4, -0.2) is 73.9 Å². The van der Waals surface area contributed by atoms with E-state index < -0.39 is 0 Å². The van der Waals surface area contributed by atoms with E-state index in [0.29, 0.717) is 18.5 Å². The minimum Gasteiger partial charge on any atom is -0.462 e. The Labute approximate surface area is 145 Å². The van der Waals surface area contributed by atoms with Gasteiger partial charge in [-0.3, -0.25) is 9.69 Å². The van der Waals surface area contributed by atoms with Crippen LogP contribution < -0.4 is 0 Å². The Morgan fingerprint density at radius 1 is 1.14 bits per heavy atom. The fourth-order valence-electron chi connectivity index (χ4n) is 3.78. The molecule has 0 radical (unpaired) electrons. The van der Waals surface area contributed by atoms with Gasteiger partial charge in [0, 0.05) is 31.7 Å². The van der Waals surface area contributed by atoms with Gasteiger partial charge >= 0.3 is 5.97 Å². The highest BCUT2D eigenvalue weighted by Gasteiger charge is 2.39. The van der Waals surface area contributed by atoms with Crippen LogP contribution >= 0.6 is 24.8 Å². The van der Waals surface area contributed by atoms with Crippen molar-refractivity contribution in [1.29, 1.82) is 0 Å². The summed E-state index contributed by atoms with van der Waals surface area (Å²) in [5.41, 5.74) is 0. The van der Waals surface area contributed by atoms with E-state index in [-0.39, 0.29) is 36.9 Å². The van der Waals surface area contributed by atoms with Gasteiger partial charge in [0.05, 0.1) is 19.6 Å². The minimum atomic E-state index is -0.0227. The summed E-state index contributed by atoms with van der Waals surface area (Å²) in [5, 5.41) is 0. The van der Waals surface area contributed by atoms with Crippen LogP contribution in [0, 0.1) is 0 Å². The van der Waals surface area contributed by atoms with E-state index in [4.69, 9.17) is 9.47 Å². The van der Waals surface area contributed by atoms with Crippen LogP contribution in [0.2, 0.25) is 0 Å². The summed E-state index contributed by atoms with van der Waals surface area (Å²) in [4.78, 5) is 16.7. The summed E-state index contributed by atoms with van der Waals surface area (Å²) in [7, 11) is 2.21. The molecule has 0 amide bonds. The first-order chi connectivity index (χ1) is 9.72. The van der Waals surface area contributed by atoms with Crippen molar-refractivity contribution in [3.05, 3.63) is 0 Å². The summed E-state index contributed by atoms with van der Waals surface area (Å²) >= 11 is 0. The van der Waals surface area contributed by atoms with E-state index in [1.807, 2.05) is 0 Å². The van der Waals surface area contributed by atoms with Crippen LogP contribution in [0.4, 0.5) is 0 Å². The zero-order valence-electron chi connectivity index (χ0n) is 13.2. The maximum atomic E-state index is 12.0. The molecule has 3 rings (SSSR count). The Morgan fingerprint density at radius 2 is 1.73 bits per heavy atom. The van der Waals surface area contributed by atoms with Gasteiger partial charge in [-0.2, -0.15) is 0 Å². The highest BCUT2D eigenvalue weighted by molar-refractivity contribution is 5.85. The van der Waals surface area contributed by atoms with Crippen LogP contribution in [0.15, 0.2) is 0 Å². The van der Waals surface area contributed by atoms with Crippen molar-refractivity contribution in [1.82, 2.24) is 9.80 Å². The third kappa shape index (κ3) is 4.96. The average molecular weight is 355 g/mol. The van der Waals surface area contributed by atoms with E-state index in [1.165, 1.54) is 12.8 Å². The second-order valence-corrected chi connectivity index (χ2v) is 6.34. The number of carbonyl (C=O) groups excluding carboxylic acids is 1. The molecule has 3 fully saturated rings. The second-order valence-electron chi connectivity index (χ2n) is 6.34. The molecule has 3 saturated heterocycles. The third-order valence-corrected chi connectivity index (χ3v) is 5.09. The first-order valence-corrected chi connectivity index (χ1v) is 7.94. The largest absolute Gasteiger partial charge is 0.462 e. The maximum Gasteiger partial charge on any atom is 0.307 e. The fourth-order valence-corrected chi connectivity index (χ4v) is 3.78. The molecule has 22 heavy (non-hydrogen) atoms. The number of hydrogen-bond acceptors (Lipinski definition) is 5. The lowest BCUT2D eigenvalue weighted by atomic mass is 10.0. The lowest BCUT2D eigenvalue weighted by Crippen LogP contribution is -2.43. The Hall–Kier alpha value is -0.0700. The predicted octanol–water partition coefficient (Wildman–Crippen LogP) is 1.72. The van der Waals surface area contributed by atoms with Gasteiger partial charge in [0.15, 0.2) is 0 Å². The molecule has 0 aromatic carbocycles. The molecule has 0 spiro atoms. The molecule has 7 heteroatoms. The molecule has 3 heterocycles. The SMILES string of the molecule is CN1C2CCC1CC(OC(=O)CCN1CCOCC1)C2.Cl.Cl. The Kier molecular flexibility index (Phi) is 8.43. The second kappa shape index (κ2) is 9.28. The molecule has 2 atom stereocenters. The maximum absolute atomic E-state index is 12.0. The fraction of sp³-hybridized carbons (Fsp3) is 0.933. The molecule has 0 aromatic heterocycles. The number of hydrogen-bond donors (Lipinski definition) is 0. The molecule has 0 aliphatic carbocycles. The summed E-state index contributed by atoms with van der Waals surface area (Å²) < 4.78 is 11.0. The summed E-state index contributed by atoms with van der Waals surface area (Å²) in [6.45, 7) is 4.25. The highest BCUT2D eigenvalue weighted by Crippen LogP contribution is 2.35. The highest BCUT2D eigenvalue weighted by atomic mass is 35.5. The van der Waals surface area contributed by atoms with Crippen molar-refractivity contribution in [3.8, 4) is 0 Å². The van der Waals surface area contributed by atoms with Crippen molar-refractivity contribution in [2.24, 2.45) is 0 Å². The lowest BCUT2D eigenvalue weighted by Gasteiger charge is -2.36. The normalized spacial score (nSPS) is 32.0. The number of halogens is 2. The standard InChI is InChI=1S/C15H26N2O3.2ClH/c1-16-12-2-3-13(16)11-14(10-12)20-15(18)4-5-17-6-8-19-9-7-17;;/h12-14H,2-11H2,1H3;2*1H. The van der Waals surface area contributed by atoms with Crippen molar-refractivity contribution < 1.29 is 14.3 Å². The summed E-state index contributed by atoms with van der Waals surface area (Å²) in [6.07, 6.45) is 5.25. The molecule has 130 valence electrons. The first kappa shape index (κ1) is 20.0. The summed E-state index contributed by atoms with van der Waals surface area (Å²) in [6, 6.07) is 1.26. The van der Waals surface area contributed by atoms with E-state index in [9.17, 15) is 4.79 Å². The van der Waals surface area contributed by atoms with E-state index in [2.05, 4.69) is 16.8 Å². The lowest BCUT2D eigenvalue weighted by molar-refractivity contribution is -0.153. The number of esters is 1. The zero-order valence-corrected chi connectivity index (χ0v) is 14.9. The monoisotopic (exact) mass is 354 g/mol. The van der Waals surface area contributed by atoms with Gasteiger partial charge in [-0.05, 0) is 32.7 Å². The third-order valence-electron chi connectivity index (χ3n) is 5.09. The first-order valence-electron chi connectivity index (χ1n) is 7.94. The minimum absolute atomic E-state index is 0. The number of carbonyl (C=O) groups is 1. The molecule has 2 unspecified atom stereocenters. The molecule has 2 bridgehead atoms. The van der Waals surface area contributed by atoms with Crippen LogP contribution in [0.25, 0.3) is 0 Å². The predicted molar refractivity (Wildman–Crippen MR) is 90.1 cm³/mol. The van der Waals surface area contributed by atoms with Gasteiger partial charge in [-0.15, -0.1) is 24.8 Å². The molecule has 3 aliphatic rings. The number of fused-ring (bicyclic) bond motifs is 2. The van der Waals surface area contributed by atoms with Gasteiger partial charge in [-0.25, -0.2) is 0 Å². The Balaban J connectivity index is 0.00000121. The van der Waals surface area contributed by atoms with Gasteiger partial charge in [0.25, 0.3) is 0 Å². The van der Waals surface area contributed by atoms with Gasteiger partial charge < -0.3 is 14.4 Å². The van der Waals surface area contributed by atoms with Crippen LogP contribution in [0.3, 0.4) is 0 Å². The van der Waals surface area contributed by atoms with E-state index >= 15 is 0 Å². The molecule has 0 N–H and O–H groups in total. The van der Waals surface area contributed by atoms with E-state index in [0.717, 1.165) is 45.7 Å². The average Bonchev–Trinajstić information content (AvgIpc) is 2.68. The number of morpholine rings is 1. The molecule has 0 saturated carbocycles. The number of ether oxygens (including phenoxy) is 2. The molecule has 5 nitrogen and oxygen atoms in total. The van der Waals surface area contributed by atoms with Crippen molar-refractivity contribution in [2.45, 2.75) is 50.3 Å². The van der Waals surface area contributed by atoms with Crippen LogP contribution in [-0.2, 0) is 14.3 Å². The topological polar surface area (TPSA) is 42.0 Å². The molecular formula is C15H28Cl2N2O3. The molecule has 0 aromatic rings. The van der Waals surface area contributed by atoms with Gasteiger partial charge in [-0.1, -0.05) is 0 Å². The quantitative estimate of drug-likeness (QED) is 0.719. The number of rotatable bonds is 4. The molecule has 3 aliphatic heterocycles. The number of piperidine rings is 1.